The molecule has 5 nitrogen and oxygen atoms in total. The zero-order valence-corrected chi connectivity index (χ0v) is 16.9. The number of fused-ring (bicyclic) bond motifs is 1. The minimum atomic E-state index is -0.426. The number of esters is 1. The van der Waals surface area contributed by atoms with E-state index in [1.807, 2.05) is 43.3 Å². The summed E-state index contributed by atoms with van der Waals surface area (Å²) in [6.45, 7) is 1.67. The number of benzene rings is 2. The van der Waals surface area contributed by atoms with Gasteiger partial charge in [0.25, 0.3) is 5.91 Å². The molecule has 0 aliphatic carbocycles. The zero-order valence-electron chi connectivity index (χ0n) is 14.5. The van der Waals surface area contributed by atoms with Gasteiger partial charge in [-0.1, -0.05) is 41.1 Å². The molecule has 0 atom stereocenters. The Morgan fingerprint density at radius 2 is 2.07 bits per heavy atom. The number of anilines is 1. The molecule has 1 amide bonds. The van der Waals surface area contributed by atoms with Crippen LogP contribution < -0.4 is 5.32 Å². The minimum absolute atomic E-state index is 0.198. The molecule has 0 bridgehead atoms. The van der Waals surface area contributed by atoms with Crippen molar-refractivity contribution in [2.45, 2.75) is 18.2 Å². The van der Waals surface area contributed by atoms with Crippen molar-refractivity contribution in [1.82, 2.24) is 4.98 Å². The van der Waals surface area contributed by atoms with Crippen molar-refractivity contribution >= 4 is 61.9 Å². The fraction of sp³-hybridized carbons (Fsp3) is 0.211. The Morgan fingerprint density at radius 3 is 2.89 bits per heavy atom. The second-order valence-electron chi connectivity index (χ2n) is 5.73. The molecule has 0 aliphatic heterocycles. The maximum atomic E-state index is 12.0. The Bertz CT molecular complexity index is 974. The molecule has 1 aromatic heterocycles. The van der Waals surface area contributed by atoms with Crippen LogP contribution in [0.25, 0.3) is 10.2 Å². The molecule has 2 aromatic carbocycles. The number of hydrogen-bond acceptors (Lipinski definition) is 6. The number of rotatable bonds is 7. The van der Waals surface area contributed by atoms with Crippen LogP contribution in [0.5, 0.6) is 0 Å². The number of carbonyl (C=O) groups is 2. The molecule has 0 unspecified atom stereocenters. The van der Waals surface area contributed by atoms with Gasteiger partial charge in [-0.3, -0.25) is 14.9 Å². The summed E-state index contributed by atoms with van der Waals surface area (Å²) >= 11 is 8.92. The van der Waals surface area contributed by atoms with Crippen LogP contribution >= 0.6 is 34.7 Å². The van der Waals surface area contributed by atoms with Crippen molar-refractivity contribution in [3.63, 3.8) is 0 Å². The predicted octanol–water partition coefficient (Wildman–Crippen LogP) is 4.92. The highest BCUT2D eigenvalue weighted by atomic mass is 35.5. The molecular weight excluding hydrogens is 404 g/mol. The zero-order chi connectivity index (χ0) is 19.2. The monoisotopic (exact) mass is 420 g/mol. The number of thioether (sulfide) groups is 1. The quantitative estimate of drug-likeness (QED) is 0.434. The number of thiazole rings is 1. The minimum Gasteiger partial charge on any atom is -0.456 e. The molecule has 0 fully saturated rings. The number of ether oxygens (including phenoxy) is 1. The van der Waals surface area contributed by atoms with Crippen LogP contribution in [0, 0.1) is 6.92 Å². The molecule has 140 valence electrons. The van der Waals surface area contributed by atoms with E-state index in [0.29, 0.717) is 15.9 Å². The largest absolute Gasteiger partial charge is 0.456 e. The van der Waals surface area contributed by atoms with E-state index in [1.165, 1.54) is 23.1 Å². The Kier molecular flexibility index (Phi) is 6.71. The summed E-state index contributed by atoms with van der Waals surface area (Å²) in [5.74, 6) is -0.302. The Hall–Kier alpha value is -2.09. The summed E-state index contributed by atoms with van der Waals surface area (Å²) in [5, 5.41) is 3.81. The summed E-state index contributed by atoms with van der Waals surface area (Å²) in [5.41, 5.74) is 1.96. The van der Waals surface area contributed by atoms with Gasteiger partial charge in [-0.15, -0.1) is 11.8 Å². The van der Waals surface area contributed by atoms with E-state index < -0.39 is 11.9 Å². The predicted molar refractivity (Wildman–Crippen MR) is 111 cm³/mol. The normalized spacial score (nSPS) is 10.7. The van der Waals surface area contributed by atoms with Crippen LogP contribution in [0.4, 0.5) is 5.13 Å². The van der Waals surface area contributed by atoms with Crippen LogP contribution in [-0.4, -0.2) is 29.2 Å². The van der Waals surface area contributed by atoms with Crippen LogP contribution in [0.3, 0.4) is 0 Å². The third-order valence-corrected chi connectivity index (χ3v) is 6.01. The highest BCUT2D eigenvalue weighted by Gasteiger charge is 2.11. The van der Waals surface area contributed by atoms with Gasteiger partial charge in [0.15, 0.2) is 11.7 Å². The molecule has 0 spiro atoms. The average molecular weight is 421 g/mol. The molecular formula is C19H17ClN2O3S2. The maximum Gasteiger partial charge on any atom is 0.307 e. The molecule has 3 rings (SSSR count). The first-order chi connectivity index (χ1) is 13.0. The molecule has 0 aliphatic rings. The summed E-state index contributed by atoms with van der Waals surface area (Å²) in [6.07, 6.45) is 0.198. The number of nitrogens with one attached hydrogen (secondary N) is 1. The topological polar surface area (TPSA) is 68.3 Å². The van der Waals surface area contributed by atoms with Crippen LogP contribution in [0.15, 0.2) is 47.4 Å². The molecule has 1 heterocycles. The molecule has 0 radical (unpaired) electrons. The van der Waals surface area contributed by atoms with E-state index in [9.17, 15) is 9.59 Å². The van der Waals surface area contributed by atoms with Crippen LogP contribution in [-0.2, 0) is 14.3 Å². The van der Waals surface area contributed by atoms with Gasteiger partial charge in [-0.2, -0.15) is 0 Å². The van der Waals surface area contributed by atoms with Gasteiger partial charge < -0.3 is 4.74 Å². The number of hydrogen-bond donors (Lipinski definition) is 1. The van der Waals surface area contributed by atoms with Gasteiger partial charge in [0.2, 0.25) is 0 Å². The van der Waals surface area contributed by atoms with E-state index in [0.717, 1.165) is 20.7 Å². The molecule has 1 N–H and O–H groups in total. The Labute approximate surface area is 170 Å². The van der Waals surface area contributed by atoms with E-state index in [2.05, 4.69) is 10.3 Å². The molecule has 0 saturated carbocycles. The van der Waals surface area contributed by atoms with Gasteiger partial charge in [0.1, 0.15) is 0 Å². The third kappa shape index (κ3) is 5.69. The number of aromatic nitrogens is 1. The van der Waals surface area contributed by atoms with Gasteiger partial charge in [0.05, 0.1) is 21.7 Å². The molecule has 8 heteroatoms. The molecule has 27 heavy (non-hydrogen) atoms. The maximum absolute atomic E-state index is 12.0. The number of halogens is 1. The fourth-order valence-electron chi connectivity index (χ4n) is 2.26. The summed E-state index contributed by atoms with van der Waals surface area (Å²) in [4.78, 5) is 29.0. The average Bonchev–Trinajstić information content (AvgIpc) is 3.03. The first-order valence-electron chi connectivity index (χ1n) is 8.21. The number of aryl methyl sites for hydroxylation is 1. The van der Waals surface area contributed by atoms with Gasteiger partial charge in [-0.25, -0.2) is 4.98 Å². The van der Waals surface area contributed by atoms with Crippen molar-refractivity contribution in [3.05, 3.63) is 53.1 Å². The Balaban J connectivity index is 1.41. The SMILES string of the molecule is Cc1ccc2nc(NC(=O)COC(=O)CCSc3ccccc3Cl)sc2c1. The smallest absolute Gasteiger partial charge is 0.307 e. The first kappa shape index (κ1) is 19.7. The Morgan fingerprint density at radius 1 is 1.26 bits per heavy atom. The van der Waals surface area contributed by atoms with E-state index in [1.54, 1.807) is 6.07 Å². The first-order valence-corrected chi connectivity index (χ1v) is 10.4. The highest BCUT2D eigenvalue weighted by molar-refractivity contribution is 7.99. The van der Waals surface area contributed by atoms with Crippen molar-refractivity contribution in [2.75, 3.05) is 17.7 Å². The second kappa shape index (κ2) is 9.21. The van der Waals surface area contributed by atoms with Crippen molar-refractivity contribution in [3.8, 4) is 0 Å². The lowest BCUT2D eigenvalue weighted by molar-refractivity contribution is -0.146. The van der Waals surface area contributed by atoms with Gasteiger partial charge >= 0.3 is 5.97 Å². The van der Waals surface area contributed by atoms with Crippen LogP contribution in [0.1, 0.15) is 12.0 Å². The van der Waals surface area contributed by atoms with Gasteiger partial charge in [-0.05, 0) is 36.8 Å². The van der Waals surface area contributed by atoms with Crippen molar-refractivity contribution in [1.29, 1.82) is 0 Å². The van der Waals surface area contributed by atoms with E-state index in [4.69, 9.17) is 16.3 Å². The summed E-state index contributed by atoms with van der Waals surface area (Å²) < 4.78 is 6.02. The van der Waals surface area contributed by atoms with Crippen molar-refractivity contribution in [2.24, 2.45) is 0 Å². The molecule has 0 saturated heterocycles. The summed E-state index contributed by atoms with van der Waals surface area (Å²) in [7, 11) is 0. The second-order valence-corrected chi connectivity index (χ2v) is 8.30. The van der Waals surface area contributed by atoms with Crippen molar-refractivity contribution < 1.29 is 14.3 Å². The number of amides is 1. The lowest BCUT2D eigenvalue weighted by Crippen LogP contribution is -2.20. The summed E-state index contributed by atoms with van der Waals surface area (Å²) in [6, 6.07) is 13.3. The van der Waals surface area contributed by atoms with E-state index >= 15 is 0 Å². The number of nitrogens with zero attached hydrogens (tertiary/aromatic N) is 1. The van der Waals surface area contributed by atoms with Gasteiger partial charge in [0, 0.05) is 10.6 Å². The number of carbonyl (C=O) groups excluding carboxylic acids is 2. The standard InChI is InChI=1S/C19H17ClN2O3S2/c1-12-6-7-14-16(10-12)27-19(21-14)22-17(23)11-25-18(24)8-9-26-15-5-3-2-4-13(15)20/h2-7,10H,8-9,11H2,1H3,(H,21,22,23). The third-order valence-electron chi connectivity index (χ3n) is 3.55. The lowest BCUT2D eigenvalue weighted by atomic mass is 10.2. The molecule has 3 aromatic rings. The highest BCUT2D eigenvalue weighted by Crippen LogP contribution is 2.27. The lowest BCUT2D eigenvalue weighted by Gasteiger charge is -2.05. The van der Waals surface area contributed by atoms with Crippen LogP contribution in [0.2, 0.25) is 5.02 Å². The van der Waals surface area contributed by atoms with E-state index in [-0.39, 0.29) is 13.0 Å². The fourth-order valence-corrected chi connectivity index (χ4v) is 4.41.